The monoisotopic (exact) mass is 396 g/mol. The molecule has 0 unspecified atom stereocenters. The van der Waals surface area contributed by atoms with Crippen molar-refractivity contribution >= 4 is 22.5 Å². The fourth-order valence-electron chi connectivity index (χ4n) is 3.04. The zero-order valence-electron chi connectivity index (χ0n) is 16.7. The molecule has 2 aromatic carbocycles. The van der Waals surface area contributed by atoms with Crippen molar-refractivity contribution < 1.29 is 19.0 Å². The second-order valence-electron chi connectivity index (χ2n) is 6.42. The van der Waals surface area contributed by atoms with Gasteiger partial charge in [-0.3, -0.25) is 9.59 Å². The summed E-state index contributed by atoms with van der Waals surface area (Å²) in [5, 5.41) is 3.64. The summed E-state index contributed by atoms with van der Waals surface area (Å²) in [6.45, 7) is 2.50. The maximum absolute atomic E-state index is 12.4. The number of hydrogen-bond acceptors (Lipinski definition) is 5. The molecule has 0 bridgehead atoms. The van der Waals surface area contributed by atoms with Crippen LogP contribution >= 0.6 is 0 Å². The fourth-order valence-corrected chi connectivity index (χ4v) is 3.04. The first-order valence-electron chi connectivity index (χ1n) is 9.34. The number of carbonyl (C=O) groups is 1. The maximum Gasteiger partial charge on any atom is 0.251 e. The zero-order valence-corrected chi connectivity index (χ0v) is 16.7. The quantitative estimate of drug-likeness (QED) is 0.608. The molecule has 7 nitrogen and oxygen atoms in total. The van der Waals surface area contributed by atoms with E-state index in [2.05, 4.69) is 10.3 Å². The molecule has 1 heterocycles. The summed E-state index contributed by atoms with van der Waals surface area (Å²) >= 11 is 0. The third-order valence-corrected chi connectivity index (χ3v) is 4.50. The Morgan fingerprint density at radius 1 is 1.03 bits per heavy atom. The summed E-state index contributed by atoms with van der Waals surface area (Å²) in [6, 6.07) is 12.5. The fraction of sp³-hybridized carbons (Fsp3) is 0.273. The topological polar surface area (TPSA) is 89.7 Å². The van der Waals surface area contributed by atoms with Crippen LogP contribution in [-0.4, -0.2) is 31.7 Å². The smallest absolute Gasteiger partial charge is 0.251 e. The lowest BCUT2D eigenvalue weighted by atomic mass is 10.1. The molecule has 2 N–H and O–H groups in total. The van der Waals surface area contributed by atoms with E-state index < -0.39 is 0 Å². The minimum Gasteiger partial charge on any atom is -0.494 e. The van der Waals surface area contributed by atoms with Gasteiger partial charge in [0, 0.05) is 29.1 Å². The van der Waals surface area contributed by atoms with Crippen LogP contribution in [0.2, 0.25) is 0 Å². The van der Waals surface area contributed by atoms with Crippen LogP contribution in [0, 0.1) is 0 Å². The molecule has 0 atom stereocenters. The van der Waals surface area contributed by atoms with Crippen LogP contribution in [0.4, 0.5) is 5.69 Å². The molecule has 152 valence electrons. The van der Waals surface area contributed by atoms with Gasteiger partial charge in [0.1, 0.15) is 5.75 Å². The van der Waals surface area contributed by atoms with Crippen LogP contribution in [0.25, 0.3) is 10.9 Å². The van der Waals surface area contributed by atoms with Gasteiger partial charge in [-0.25, -0.2) is 0 Å². The normalized spacial score (nSPS) is 10.6. The Kier molecular flexibility index (Phi) is 6.39. The third-order valence-electron chi connectivity index (χ3n) is 4.50. The molecule has 0 radical (unpaired) electrons. The summed E-state index contributed by atoms with van der Waals surface area (Å²) < 4.78 is 16.0. The predicted molar refractivity (Wildman–Crippen MR) is 112 cm³/mol. The van der Waals surface area contributed by atoms with E-state index in [-0.39, 0.29) is 17.9 Å². The second kappa shape index (κ2) is 9.14. The van der Waals surface area contributed by atoms with Crippen LogP contribution in [-0.2, 0) is 11.2 Å². The van der Waals surface area contributed by atoms with E-state index in [0.717, 1.165) is 11.1 Å². The summed E-state index contributed by atoms with van der Waals surface area (Å²) in [7, 11) is 3.10. The highest BCUT2D eigenvalue weighted by Crippen LogP contribution is 2.31. The first-order chi connectivity index (χ1) is 14.0. The van der Waals surface area contributed by atoms with Crippen LogP contribution in [0.15, 0.2) is 47.3 Å². The number of aromatic nitrogens is 1. The lowest BCUT2D eigenvalue weighted by Gasteiger charge is -2.10. The van der Waals surface area contributed by atoms with E-state index in [0.29, 0.717) is 41.3 Å². The number of rotatable bonds is 8. The van der Waals surface area contributed by atoms with E-state index in [4.69, 9.17) is 14.2 Å². The number of hydrogen-bond donors (Lipinski definition) is 2. The number of aromatic amines is 1. The molecule has 0 saturated carbocycles. The predicted octanol–water partition coefficient (Wildman–Crippen LogP) is 3.52. The van der Waals surface area contributed by atoms with Gasteiger partial charge in [-0.05, 0) is 49.7 Å². The van der Waals surface area contributed by atoms with Gasteiger partial charge in [-0.1, -0.05) is 0 Å². The minimum absolute atomic E-state index is 0.166. The number of aryl methyl sites for hydroxylation is 1. The number of anilines is 1. The summed E-state index contributed by atoms with van der Waals surface area (Å²) in [4.78, 5) is 27.5. The molecule has 3 aromatic rings. The van der Waals surface area contributed by atoms with Crippen molar-refractivity contribution in [2.45, 2.75) is 19.8 Å². The van der Waals surface area contributed by atoms with E-state index in [9.17, 15) is 9.59 Å². The number of pyridine rings is 1. The number of H-pyrrole nitrogens is 1. The largest absolute Gasteiger partial charge is 0.494 e. The molecule has 0 fully saturated rings. The zero-order chi connectivity index (χ0) is 20.8. The Morgan fingerprint density at radius 2 is 1.72 bits per heavy atom. The van der Waals surface area contributed by atoms with Crippen molar-refractivity contribution in [2.24, 2.45) is 0 Å². The number of nitrogens with one attached hydrogen (secondary N) is 2. The van der Waals surface area contributed by atoms with Gasteiger partial charge < -0.3 is 24.5 Å². The third kappa shape index (κ3) is 4.87. The van der Waals surface area contributed by atoms with Gasteiger partial charge in [-0.2, -0.15) is 0 Å². The van der Waals surface area contributed by atoms with Crippen LogP contribution in [0.5, 0.6) is 17.2 Å². The molecule has 0 aliphatic heterocycles. The van der Waals surface area contributed by atoms with E-state index in [1.165, 1.54) is 0 Å². The van der Waals surface area contributed by atoms with Gasteiger partial charge >= 0.3 is 0 Å². The molecular formula is C22H24N2O5. The molecule has 0 aliphatic carbocycles. The maximum atomic E-state index is 12.4. The van der Waals surface area contributed by atoms with E-state index in [1.54, 1.807) is 56.7 Å². The van der Waals surface area contributed by atoms with Gasteiger partial charge in [-0.15, -0.1) is 0 Å². The van der Waals surface area contributed by atoms with Gasteiger partial charge in [0.2, 0.25) is 5.91 Å². The van der Waals surface area contributed by atoms with E-state index in [1.807, 2.05) is 6.92 Å². The highest BCUT2D eigenvalue weighted by Gasteiger charge is 2.11. The molecule has 1 aromatic heterocycles. The summed E-state index contributed by atoms with van der Waals surface area (Å²) in [6.07, 6.45) is 0.511. The highest BCUT2D eigenvalue weighted by atomic mass is 16.5. The molecule has 0 saturated heterocycles. The minimum atomic E-state index is -0.224. The Hall–Kier alpha value is -3.48. The number of carbonyl (C=O) groups excluding carboxylic acids is 1. The standard InChI is InChI=1S/C22H24N2O5/c1-4-29-17-8-6-16(7-9-17)23-21(25)10-5-14-11-15-12-19(27-2)20(28-3)13-18(15)24-22(14)26/h6-9,11-13H,4-5,10H2,1-3H3,(H,23,25)(H,24,26). The molecular weight excluding hydrogens is 372 g/mol. The van der Waals surface area contributed by atoms with Crippen LogP contribution < -0.4 is 25.1 Å². The van der Waals surface area contributed by atoms with Crippen molar-refractivity contribution in [3.63, 3.8) is 0 Å². The average Bonchev–Trinajstić information content (AvgIpc) is 2.73. The molecule has 7 heteroatoms. The van der Waals surface area contributed by atoms with Crippen molar-refractivity contribution in [3.8, 4) is 17.2 Å². The van der Waals surface area contributed by atoms with Crippen molar-refractivity contribution in [2.75, 3.05) is 26.1 Å². The van der Waals surface area contributed by atoms with Crippen molar-refractivity contribution in [1.82, 2.24) is 4.98 Å². The Balaban J connectivity index is 1.70. The number of methoxy groups -OCH3 is 2. The van der Waals surface area contributed by atoms with Crippen molar-refractivity contribution in [1.29, 1.82) is 0 Å². The molecule has 3 rings (SSSR count). The number of benzene rings is 2. The van der Waals surface area contributed by atoms with Gasteiger partial charge in [0.25, 0.3) is 5.56 Å². The van der Waals surface area contributed by atoms with Gasteiger partial charge in [0.05, 0.1) is 26.3 Å². The van der Waals surface area contributed by atoms with Crippen molar-refractivity contribution in [3.05, 3.63) is 58.4 Å². The lowest BCUT2D eigenvalue weighted by Crippen LogP contribution is -2.17. The molecule has 0 aliphatic rings. The Labute approximate surface area is 168 Å². The second-order valence-corrected chi connectivity index (χ2v) is 6.42. The summed E-state index contributed by atoms with van der Waals surface area (Å²) in [5.74, 6) is 1.70. The molecule has 0 spiro atoms. The number of amides is 1. The first-order valence-corrected chi connectivity index (χ1v) is 9.34. The molecule has 29 heavy (non-hydrogen) atoms. The Bertz CT molecular complexity index is 1060. The van der Waals surface area contributed by atoms with Gasteiger partial charge in [0.15, 0.2) is 11.5 Å². The number of ether oxygens (including phenoxy) is 3. The van der Waals surface area contributed by atoms with E-state index >= 15 is 0 Å². The first kappa shape index (κ1) is 20.3. The SMILES string of the molecule is CCOc1ccc(NC(=O)CCc2cc3cc(OC)c(OC)cc3[nH]c2=O)cc1. The van der Waals surface area contributed by atoms with Crippen LogP contribution in [0.1, 0.15) is 18.9 Å². The lowest BCUT2D eigenvalue weighted by molar-refractivity contribution is -0.116. The Morgan fingerprint density at radius 3 is 2.38 bits per heavy atom. The molecule has 1 amide bonds. The average molecular weight is 396 g/mol. The highest BCUT2D eigenvalue weighted by molar-refractivity contribution is 5.91. The summed E-state index contributed by atoms with van der Waals surface area (Å²) in [5.41, 5.74) is 1.64. The number of fused-ring (bicyclic) bond motifs is 1. The van der Waals surface area contributed by atoms with Crippen LogP contribution in [0.3, 0.4) is 0 Å².